The van der Waals surface area contributed by atoms with Gasteiger partial charge in [0, 0.05) is 56.4 Å². The number of carbonyl (C=O) groups is 3. The Morgan fingerprint density at radius 2 is 1.57 bits per heavy atom. The first-order valence-corrected chi connectivity index (χ1v) is 15.4. The van der Waals surface area contributed by atoms with Gasteiger partial charge in [0.15, 0.2) is 5.78 Å². The zero-order valence-electron chi connectivity index (χ0n) is 24.9. The van der Waals surface area contributed by atoms with Gasteiger partial charge in [-0.25, -0.2) is 0 Å². The molecule has 0 bridgehead atoms. The van der Waals surface area contributed by atoms with Crippen LogP contribution in [0.15, 0.2) is 47.1 Å². The van der Waals surface area contributed by atoms with E-state index in [4.69, 9.17) is 0 Å². The Labute approximate surface area is 253 Å². The Hall–Kier alpha value is -3.08. The minimum Gasteiger partial charge on any atom is -0.383 e. The number of carbonyl (C=O) groups excluding carboxylic acids is 3. The summed E-state index contributed by atoms with van der Waals surface area (Å²) in [5, 5.41) is 11.4. The molecule has 1 heterocycles. The number of amides is 2. The number of hydrogen-bond donors (Lipinski definition) is 1. The monoisotopic (exact) mass is 620 g/mol. The van der Waals surface area contributed by atoms with Crippen LogP contribution < -0.4 is 0 Å². The van der Waals surface area contributed by atoms with Gasteiger partial charge in [-0.3, -0.25) is 14.4 Å². The molecule has 6 rings (SSSR count). The van der Waals surface area contributed by atoms with Crippen molar-refractivity contribution in [2.75, 3.05) is 26.2 Å². The van der Waals surface area contributed by atoms with Crippen molar-refractivity contribution in [1.82, 2.24) is 9.80 Å². The van der Waals surface area contributed by atoms with Gasteiger partial charge in [0.05, 0.1) is 0 Å². The fourth-order valence-electron chi connectivity index (χ4n) is 8.98. The predicted octanol–water partition coefficient (Wildman–Crippen LogP) is 5.82. The van der Waals surface area contributed by atoms with Gasteiger partial charge in [-0.05, 0) is 85.3 Å². The Balaban J connectivity index is 1.38. The highest BCUT2D eigenvalue weighted by Gasteiger charge is 2.79. The maximum atomic E-state index is 15.2. The van der Waals surface area contributed by atoms with Crippen LogP contribution in [-0.2, 0) is 9.59 Å². The van der Waals surface area contributed by atoms with Crippen LogP contribution in [0.3, 0.4) is 0 Å². The molecule has 2 unspecified atom stereocenters. The molecule has 1 aliphatic heterocycles. The number of allylic oxidation sites excluding steroid dienone is 4. The maximum Gasteiger partial charge on any atom is 0.456 e. The Morgan fingerprint density at radius 3 is 2.18 bits per heavy atom. The van der Waals surface area contributed by atoms with Crippen LogP contribution in [0, 0.1) is 17.3 Å². The number of ketones is 1. The summed E-state index contributed by atoms with van der Waals surface area (Å²) in [5.41, 5.74) is -1.03. The average molecular weight is 621 g/mol. The molecule has 1 aromatic carbocycles. The number of rotatable bonds is 3. The Kier molecular flexibility index (Phi) is 7.37. The third-order valence-corrected chi connectivity index (χ3v) is 11.3. The van der Waals surface area contributed by atoms with E-state index in [9.17, 15) is 32.7 Å². The molecule has 1 saturated heterocycles. The topological polar surface area (TPSA) is 77.9 Å². The minimum absolute atomic E-state index is 0.0204. The van der Waals surface area contributed by atoms with E-state index in [0.717, 1.165) is 16.7 Å². The molecule has 238 valence electrons. The molecule has 2 amide bonds. The zero-order chi connectivity index (χ0) is 31.8. The van der Waals surface area contributed by atoms with E-state index in [1.165, 1.54) is 13.8 Å². The first-order chi connectivity index (χ1) is 20.6. The quantitative estimate of drug-likeness (QED) is 0.433. The van der Waals surface area contributed by atoms with Crippen molar-refractivity contribution < 1.29 is 41.4 Å². The number of alkyl halides is 5. The van der Waals surface area contributed by atoms with Crippen molar-refractivity contribution in [1.29, 1.82) is 0 Å². The highest BCUT2D eigenvalue weighted by molar-refractivity contribution is 5.94. The van der Waals surface area contributed by atoms with Gasteiger partial charge in [-0.15, -0.1) is 0 Å². The van der Waals surface area contributed by atoms with Crippen LogP contribution in [0.2, 0.25) is 0 Å². The second-order valence-corrected chi connectivity index (χ2v) is 13.4. The minimum atomic E-state index is -5.90. The zero-order valence-corrected chi connectivity index (χ0v) is 24.9. The SMILES string of the molecule is CC(=O)N1CCN(C(=O)c2ccc([C@H]3CC4(C)[C@@H](CC[C@@]4(O)C(F)(F)C(F)(F)F)C4CCC5=CC(=O)CCC5=C43)cc2)CC1. The van der Waals surface area contributed by atoms with Crippen LogP contribution in [0.5, 0.6) is 0 Å². The summed E-state index contributed by atoms with van der Waals surface area (Å²) in [5.74, 6) is -6.98. The number of hydrogen-bond acceptors (Lipinski definition) is 4. The molecule has 0 aromatic heterocycles. The lowest BCUT2D eigenvalue weighted by Crippen LogP contribution is -2.65. The molecule has 0 radical (unpaired) electrons. The molecule has 44 heavy (non-hydrogen) atoms. The van der Waals surface area contributed by atoms with Crippen molar-refractivity contribution in [3.8, 4) is 0 Å². The number of aliphatic hydroxyl groups is 1. The molecule has 1 aromatic rings. The summed E-state index contributed by atoms with van der Waals surface area (Å²) in [6, 6.07) is 6.78. The lowest BCUT2D eigenvalue weighted by Gasteiger charge is -2.56. The molecule has 5 aliphatic rings. The first-order valence-electron chi connectivity index (χ1n) is 15.4. The molecule has 3 fully saturated rings. The number of halogens is 5. The number of fused-ring (bicyclic) bond motifs is 4. The standard InChI is InChI=1S/C33H37F5N2O4/c1-19(41)39-13-15-40(16-14-39)29(43)21-5-3-20(4-6-21)26-18-30(2)27(11-12-31(30,44)32(34,35)33(36,37)38)25-9-7-22-17-23(42)8-10-24(22)28(25)26/h3-6,17,25-27,44H,7-16,18H2,1-2H3/t25?,26-,27+,30?,31+/m1/s1. The van der Waals surface area contributed by atoms with E-state index in [-0.39, 0.29) is 36.4 Å². The summed E-state index contributed by atoms with van der Waals surface area (Å²) < 4.78 is 71.8. The molecule has 11 heteroatoms. The van der Waals surface area contributed by atoms with E-state index in [0.29, 0.717) is 63.0 Å². The van der Waals surface area contributed by atoms with Crippen LogP contribution in [0.25, 0.3) is 0 Å². The van der Waals surface area contributed by atoms with E-state index >= 15 is 8.78 Å². The first kappa shape index (κ1) is 30.9. The normalized spacial score (nSPS) is 32.6. The van der Waals surface area contributed by atoms with E-state index in [1.807, 2.05) is 0 Å². The predicted molar refractivity (Wildman–Crippen MR) is 151 cm³/mol. The fourth-order valence-corrected chi connectivity index (χ4v) is 8.98. The van der Waals surface area contributed by atoms with Gasteiger partial charge in [-0.2, -0.15) is 22.0 Å². The second kappa shape index (κ2) is 10.5. The molecular weight excluding hydrogens is 583 g/mol. The highest BCUT2D eigenvalue weighted by Crippen LogP contribution is 2.70. The summed E-state index contributed by atoms with van der Waals surface area (Å²) in [7, 11) is 0. The third-order valence-electron chi connectivity index (χ3n) is 11.3. The van der Waals surface area contributed by atoms with Crippen molar-refractivity contribution in [2.45, 2.75) is 82.4 Å². The average Bonchev–Trinajstić information content (AvgIpc) is 3.27. The summed E-state index contributed by atoms with van der Waals surface area (Å²) in [4.78, 5) is 40.5. The number of nitrogens with zero attached hydrogens (tertiary/aromatic N) is 2. The van der Waals surface area contributed by atoms with E-state index < -0.39 is 41.4 Å². The lowest BCUT2D eigenvalue weighted by atomic mass is 9.50. The van der Waals surface area contributed by atoms with Gasteiger partial charge in [0.25, 0.3) is 5.91 Å². The van der Waals surface area contributed by atoms with Crippen molar-refractivity contribution in [3.63, 3.8) is 0 Å². The molecule has 4 aliphatic carbocycles. The summed E-state index contributed by atoms with van der Waals surface area (Å²) in [6.07, 6.45) is -3.14. The maximum absolute atomic E-state index is 15.2. The lowest BCUT2D eigenvalue weighted by molar-refractivity contribution is -0.362. The molecule has 0 spiro atoms. The summed E-state index contributed by atoms with van der Waals surface area (Å²) in [6.45, 7) is 4.53. The number of benzene rings is 1. The third kappa shape index (κ3) is 4.55. The van der Waals surface area contributed by atoms with Gasteiger partial charge < -0.3 is 14.9 Å². The van der Waals surface area contributed by atoms with Crippen LogP contribution in [0.1, 0.15) is 80.6 Å². The van der Waals surface area contributed by atoms with Crippen molar-refractivity contribution in [2.24, 2.45) is 17.3 Å². The van der Waals surface area contributed by atoms with Gasteiger partial charge >= 0.3 is 12.1 Å². The largest absolute Gasteiger partial charge is 0.456 e. The van der Waals surface area contributed by atoms with Gasteiger partial charge in [0.1, 0.15) is 5.60 Å². The molecule has 1 N–H and O–H groups in total. The van der Waals surface area contributed by atoms with Gasteiger partial charge in [-0.1, -0.05) is 24.6 Å². The Morgan fingerprint density at radius 1 is 0.932 bits per heavy atom. The highest BCUT2D eigenvalue weighted by atomic mass is 19.4. The molecule has 2 saturated carbocycles. The van der Waals surface area contributed by atoms with Crippen molar-refractivity contribution >= 4 is 17.6 Å². The number of piperazine rings is 1. The van der Waals surface area contributed by atoms with Crippen LogP contribution >= 0.6 is 0 Å². The smallest absolute Gasteiger partial charge is 0.383 e. The fraction of sp³-hybridized carbons (Fsp3) is 0.606. The van der Waals surface area contributed by atoms with Crippen molar-refractivity contribution in [3.05, 3.63) is 58.2 Å². The second-order valence-electron chi connectivity index (χ2n) is 13.4. The molecular formula is C33H37F5N2O4. The summed E-state index contributed by atoms with van der Waals surface area (Å²) >= 11 is 0. The molecule has 5 atom stereocenters. The van der Waals surface area contributed by atoms with Crippen LogP contribution in [0.4, 0.5) is 22.0 Å². The van der Waals surface area contributed by atoms with Crippen LogP contribution in [-0.4, -0.2) is 76.4 Å². The van der Waals surface area contributed by atoms with Gasteiger partial charge in [0.2, 0.25) is 5.91 Å². The van der Waals surface area contributed by atoms with E-state index in [2.05, 4.69) is 0 Å². The Bertz CT molecular complexity index is 1440. The van der Waals surface area contributed by atoms with E-state index in [1.54, 1.807) is 40.1 Å². The molecule has 6 nitrogen and oxygen atoms in total.